The second-order valence-corrected chi connectivity index (χ2v) is 9.34. The van der Waals surface area contributed by atoms with Crippen molar-refractivity contribution in [2.75, 3.05) is 38.1 Å². The van der Waals surface area contributed by atoms with E-state index in [1.54, 1.807) is 12.3 Å². The number of aromatic nitrogens is 1. The minimum Gasteiger partial charge on any atom is -0.494 e. The summed E-state index contributed by atoms with van der Waals surface area (Å²) < 4.78 is 0. The van der Waals surface area contributed by atoms with Crippen molar-refractivity contribution in [3.05, 3.63) is 94.3 Å². The van der Waals surface area contributed by atoms with E-state index in [0.29, 0.717) is 16.3 Å². The van der Waals surface area contributed by atoms with Gasteiger partial charge in [0, 0.05) is 54.9 Å². The van der Waals surface area contributed by atoms with Crippen LogP contribution in [0, 0.1) is 0 Å². The van der Waals surface area contributed by atoms with Crippen molar-refractivity contribution in [3.8, 4) is 17.0 Å². The average Bonchev–Trinajstić information content (AvgIpc) is 2.92. The molecule has 1 saturated heterocycles. The summed E-state index contributed by atoms with van der Waals surface area (Å²) in [4.78, 5) is 35.0. The van der Waals surface area contributed by atoms with E-state index in [-0.39, 0.29) is 11.4 Å². The van der Waals surface area contributed by atoms with Crippen LogP contribution in [-0.2, 0) is 4.79 Å². The molecule has 0 aliphatic carbocycles. The lowest BCUT2D eigenvalue weighted by Crippen LogP contribution is -2.44. The lowest BCUT2D eigenvalue weighted by Gasteiger charge is -2.34. The number of carboxylic acid groups (broad SMARTS) is 1. The molecule has 0 amide bonds. The molecule has 0 atom stereocenters. The predicted molar refractivity (Wildman–Crippen MR) is 152 cm³/mol. The summed E-state index contributed by atoms with van der Waals surface area (Å²) in [5.74, 6) is -1.25. The van der Waals surface area contributed by atoms with E-state index in [2.05, 4.69) is 39.0 Å². The number of likely N-dealkylation sites (N-methyl/N-ethyl adjacent to an activating group) is 1. The van der Waals surface area contributed by atoms with Gasteiger partial charge < -0.3 is 20.0 Å². The van der Waals surface area contributed by atoms with Crippen LogP contribution < -0.4 is 10.5 Å². The van der Waals surface area contributed by atoms with Crippen LogP contribution in [-0.4, -0.2) is 65.5 Å². The zero-order chi connectivity index (χ0) is 26.6. The fraction of sp³-hybridized carbons (Fsp3) is 0.167. The maximum absolute atomic E-state index is 12.5. The Morgan fingerprint density at radius 3 is 2.29 bits per heavy atom. The second kappa shape index (κ2) is 10.7. The maximum atomic E-state index is 12.5. The topological polar surface area (TPSA) is 109 Å². The molecule has 0 bridgehead atoms. The summed E-state index contributed by atoms with van der Waals surface area (Å²) in [6.45, 7) is 4.04. The van der Waals surface area contributed by atoms with Crippen molar-refractivity contribution in [2.45, 2.75) is 0 Å². The van der Waals surface area contributed by atoms with Crippen LogP contribution in [0.15, 0.2) is 82.6 Å². The molecular weight excluding hydrogens is 480 g/mol. The molecule has 192 valence electrons. The van der Waals surface area contributed by atoms with Crippen LogP contribution in [0.4, 0.5) is 11.4 Å². The third kappa shape index (κ3) is 5.50. The van der Waals surface area contributed by atoms with Gasteiger partial charge in [0.15, 0.2) is 0 Å². The minimum atomic E-state index is -1.01. The van der Waals surface area contributed by atoms with Gasteiger partial charge in [-0.1, -0.05) is 30.3 Å². The van der Waals surface area contributed by atoms with Gasteiger partial charge in [-0.05, 0) is 66.2 Å². The molecule has 0 unspecified atom stereocenters. The zero-order valence-electron chi connectivity index (χ0n) is 21.0. The first-order chi connectivity index (χ1) is 18.4. The number of piperazine rings is 1. The highest BCUT2D eigenvalue weighted by molar-refractivity contribution is 6.03. The van der Waals surface area contributed by atoms with Crippen LogP contribution in [0.1, 0.15) is 11.1 Å². The number of nitrogens with zero attached hydrogens (tertiary/aromatic N) is 3. The summed E-state index contributed by atoms with van der Waals surface area (Å²) in [6, 6.07) is 20.8. The number of rotatable bonds is 6. The number of aromatic amines is 1. The number of pyridine rings is 1. The molecule has 1 aliphatic rings. The maximum Gasteiger partial charge on any atom is 0.328 e. The Bertz CT molecular complexity index is 1580. The molecule has 0 saturated carbocycles. The number of aliphatic imine (C=N–C) groups is 1. The molecular formula is C30H28N4O4. The molecule has 8 nitrogen and oxygen atoms in total. The summed E-state index contributed by atoms with van der Waals surface area (Å²) in [5, 5.41) is 20.4. The van der Waals surface area contributed by atoms with E-state index >= 15 is 0 Å². The number of aromatic hydroxyl groups is 1. The summed E-state index contributed by atoms with van der Waals surface area (Å²) in [5.41, 5.74) is 4.44. The smallest absolute Gasteiger partial charge is 0.328 e. The highest BCUT2D eigenvalue weighted by Gasteiger charge is 2.14. The number of hydrogen-bond acceptors (Lipinski definition) is 6. The van der Waals surface area contributed by atoms with Crippen LogP contribution in [0.5, 0.6) is 5.88 Å². The van der Waals surface area contributed by atoms with Crippen LogP contribution in [0.2, 0.25) is 0 Å². The zero-order valence-corrected chi connectivity index (χ0v) is 21.0. The number of nitrogens with one attached hydrogen (secondary N) is 1. The monoisotopic (exact) mass is 508 g/mol. The van der Waals surface area contributed by atoms with Gasteiger partial charge >= 0.3 is 5.97 Å². The van der Waals surface area contributed by atoms with E-state index in [1.807, 2.05) is 48.5 Å². The molecule has 1 fully saturated rings. The number of H-pyrrole nitrogens is 1. The van der Waals surface area contributed by atoms with Gasteiger partial charge in [-0.2, -0.15) is 0 Å². The molecule has 0 spiro atoms. The van der Waals surface area contributed by atoms with Gasteiger partial charge in [0.1, 0.15) is 0 Å². The first-order valence-corrected chi connectivity index (χ1v) is 12.4. The van der Waals surface area contributed by atoms with Gasteiger partial charge in [0.25, 0.3) is 5.56 Å². The molecule has 0 radical (unpaired) electrons. The number of aliphatic carboxylic acids is 1. The summed E-state index contributed by atoms with van der Waals surface area (Å²) in [6.07, 6.45) is 4.18. The number of carboxylic acids is 1. The van der Waals surface area contributed by atoms with Crippen LogP contribution in [0.3, 0.4) is 0 Å². The quantitative estimate of drug-likeness (QED) is 0.261. The fourth-order valence-corrected chi connectivity index (χ4v) is 4.55. The Morgan fingerprint density at radius 1 is 0.921 bits per heavy atom. The van der Waals surface area contributed by atoms with Crippen molar-refractivity contribution in [1.82, 2.24) is 9.88 Å². The van der Waals surface area contributed by atoms with E-state index in [4.69, 9.17) is 5.11 Å². The molecule has 4 aromatic rings. The molecule has 8 heteroatoms. The van der Waals surface area contributed by atoms with Gasteiger partial charge in [-0.15, -0.1) is 0 Å². The second-order valence-electron chi connectivity index (χ2n) is 9.34. The molecule has 1 aliphatic heterocycles. The number of fused-ring (bicyclic) bond motifs is 1. The molecule has 1 aromatic heterocycles. The predicted octanol–water partition coefficient (Wildman–Crippen LogP) is 4.50. The Labute approximate surface area is 219 Å². The van der Waals surface area contributed by atoms with Gasteiger partial charge in [-0.3, -0.25) is 14.8 Å². The fourth-order valence-electron chi connectivity index (χ4n) is 4.55. The highest BCUT2D eigenvalue weighted by Crippen LogP contribution is 2.28. The SMILES string of the molecule is CN1CCN(c2ccc(N=Cc3c(O)[nH]c(=O)c4ccc(-c5ccc(C=CC(=O)O)cc5)cc34)cc2)CC1. The largest absolute Gasteiger partial charge is 0.494 e. The van der Waals surface area contributed by atoms with Crippen molar-refractivity contribution in [3.63, 3.8) is 0 Å². The molecule has 5 rings (SSSR count). The standard InChI is InChI=1S/C30H28N4O4/c1-33-14-16-34(17-15-33)24-10-8-23(9-11-24)31-19-27-26-18-22(7-12-25(26)29(37)32-30(27)38)21-5-2-20(3-6-21)4-13-28(35)36/h2-13,18-19H,14-17H2,1H3,(H,35,36)(H2,32,37,38). The molecule has 3 N–H and O–H groups in total. The van der Waals surface area contributed by atoms with E-state index in [1.165, 1.54) is 6.08 Å². The lowest BCUT2D eigenvalue weighted by molar-refractivity contribution is -0.131. The number of anilines is 1. The first kappa shape index (κ1) is 25.0. The van der Waals surface area contributed by atoms with E-state index < -0.39 is 5.97 Å². The van der Waals surface area contributed by atoms with E-state index in [9.17, 15) is 14.7 Å². The van der Waals surface area contributed by atoms with Crippen molar-refractivity contribution in [2.24, 2.45) is 4.99 Å². The lowest BCUT2D eigenvalue weighted by atomic mass is 9.99. The van der Waals surface area contributed by atoms with Crippen LogP contribution >= 0.6 is 0 Å². The Kier molecular flexibility index (Phi) is 7.06. The van der Waals surface area contributed by atoms with Crippen molar-refractivity contribution in [1.29, 1.82) is 0 Å². The van der Waals surface area contributed by atoms with Gasteiger partial charge in [-0.25, -0.2) is 4.79 Å². The summed E-state index contributed by atoms with van der Waals surface area (Å²) >= 11 is 0. The Morgan fingerprint density at radius 2 is 1.61 bits per heavy atom. The van der Waals surface area contributed by atoms with E-state index in [0.717, 1.165) is 60.3 Å². The Hall–Kier alpha value is -4.69. The normalized spacial score (nSPS) is 14.6. The number of carbonyl (C=O) groups is 1. The minimum absolute atomic E-state index is 0.244. The molecule has 3 aromatic carbocycles. The molecule has 38 heavy (non-hydrogen) atoms. The highest BCUT2D eigenvalue weighted by atomic mass is 16.4. The third-order valence-corrected chi connectivity index (χ3v) is 6.76. The summed E-state index contributed by atoms with van der Waals surface area (Å²) in [7, 11) is 2.13. The third-order valence-electron chi connectivity index (χ3n) is 6.76. The first-order valence-electron chi connectivity index (χ1n) is 12.4. The molecule has 2 heterocycles. The number of benzene rings is 3. The number of hydrogen-bond donors (Lipinski definition) is 3. The van der Waals surface area contributed by atoms with Gasteiger partial charge in [0.2, 0.25) is 5.88 Å². The van der Waals surface area contributed by atoms with Crippen LogP contribution in [0.25, 0.3) is 28.0 Å². The Balaban J connectivity index is 1.44. The van der Waals surface area contributed by atoms with Crippen molar-refractivity contribution >= 4 is 40.4 Å². The average molecular weight is 509 g/mol. The van der Waals surface area contributed by atoms with Gasteiger partial charge in [0.05, 0.1) is 11.3 Å². The van der Waals surface area contributed by atoms with Crippen molar-refractivity contribution < 1.29 is 15.0 Å².